The summed E-state index contributed by atoms with van der Waals surface area (Å²) in [7, 11) is 0. The molecule has 1 heterocycles. The standard InChI is InChI=1S/C12H16N2OS/c1-16-11-7-8-14(9-11)12(15)13-10-5-3-2-4-6-10/h2-6,11H,7-9H2,1H3,(H,13,15)/t11-/m0/s1. The molecule has 2 rings (SSSR count). The molecule has 1 N–H and O–H groups in total. The molecule has 1 fully saturated rings. The highest BCUT2D eigenvalue weighted by Crippen LogP contribution is 2.20. The molecule has 3 nitrogen and oxygen atoms in total. The number of amides is 2. The van der Waals surface area contributed by atoms with Crippen LogP contribution in [-0.2, 0) is 0 Å². The number of para-hydroxylation sites is 1. The minimum atomic E-state index is 0.0164. The fourth-order valence-corrected chi connectivity index (χ4v) is 2.50. The average Bonchev–Trinajstić information content (AvgIpc) is 2.79. The van der Waals surface area contributed by atoms with E-state index in [2.05, 4.69) is 11.6 Å². The van der Waals surface area contributed by atoms with E-state index in [-0.39, 0.29) is 6.03 Å². The van der Waals surface area contributed by atoms with Crippen LogP contribution in [0.1, 0.15) is 6.42 Å². The Bertz CT molecular complexity index is 355. The van der Waals surface area contributed by atoms with Gasteiger partial charge in [0.05, 0.1) is 0 Å². The first-order valence-corrected chi connectivity index (χ1v) is 6.72. The molecule has 0 spiro atoms. The van der Waals surface area contributed by atoms with Gasteiger partial charge in [-0.25, -0.2) is 4.79 Å². The molecule has 0 unspecified atom stereocenters. The summed E-state index contributed by atoms with van der Waals surface area (Å²) in [6, 6.07) is 9.60. The number of benzene rings is 1. The quantitative estimate of drug-likeness (QED) is 0.856. The van der Waals surface area contributed by atoms with Gasteiger partial charge in [0.15, 0.2) is 0 Å². The van der Waals surface area contributed by atoms with Crippen molar-refractivity contribution in [1.29, 1.82) is 0 Å². The van der Waals surface area contributed by atoms with Crippen LogP contribution in [0.2, 0.25) is 0 Å². The molecule has 0 bridgehead atoms. The lowest BCUT2D eigenvalue weighted by molar-refractivity contribution is 0.222. The summed E-state index contributed by atoms with van der Waals surface area (Å²) in [5.41, 5.74) is 0.861. The fourth-order valence-electron chi connectivity index (χ4n) is 1.83. The summed E-state index contributed by atoms with van der Waals surface area (Å²) in [6.45, 7) is 1.73. The van der Waals surface area contributed by atoms with Crippen LogP contribution in [0.4, 0.5) is 10.5 Å². The van der Waals surface area contributed by atoms with E-state index < -0.39 is 0 Å². The van der Waals surface area contributed by atoms with Gasteiger partial charge in [0, 0.05) is 24.0 Å². The molecule has 1 aromatic rings. The third-order valence-electron chi connectivity index (χ3n) is 2.79. The van der Waals surface area contributed by atoms with E-state index in [0.717, 1.165) is 25.2 Å². The number of hydrogen-bond donors (Lipinski definition) is 1. The predicted octanol–water partition coefficient (Wildman–Crippen LogP) is 2.66. The lowest BCUT2D eigenvalue weighted by atomic mass is 10.3. The van der Waals surface area contributed by atoms with E-state index in [1.165, 1.54) is 0 Å². The zero-order valence-electron chi connectivity index (χ0n) is 9.35. The second-order valence-electron chi connectivity index (χ2n) is 3.89. The highest BCUT2D eigenvalue weighted by molar-refractivity contribution is 7.99. The minimum absolute atomic E-state index is 0.0164. The first-order chi connectivity index (χ1) is 7.79. The molecule has 2 amide bonds. The van der Waals surface area contributed by atoms with Crippen LogP contribution in [0.25, 0.3) is 0 Å². The molecular weight excluding hydrogens is 220 g/mol. The van der Waals surface area contributed by atoms with Gasteiger partial charge in [-0.3, -0.25) is 0 Å². The van der Waals surface area contributed by atoms with Crippen molar-refractivity contribution in [3.8, 4) is 0 Å². The number of urea groups is 1. The Balaban J connectivity index is 1.90. The van der Waals surface area contributed by atoms with Gasteiger partial charge in [-0.15, -0.1) is 0 Å². The molecule has 1 atom stereocenters. The van der Waals surface area contributed by atoms with Gasteiger partial charge in [-0.05, 0) is 24.8 Å². The zero-order chi connectivity index (χ0) is 11.4. The summed E-state index contributed by atoms with van der Waals surface area (Å²) < 4.78 is 0. The molecule has 1 aromatic carbocycles. The van der Waals surface area contributed by atoms with Crippen LogP contribution in [0.15, 0.2) is 30.3 Å². The maximum Gasteiger partial charge on any atom is 0.321 e. The third kappa shape index (κ3) is 2.70. The highest BCUT2D eigenvalue weighted by Gasteiger charge is 2.25. The maximum absolute atomic E-state index is 11.9. The van der Waals surface area contributed by atoms with Gasteiger partial charge in [0.1, 0.15) is 0 Å². The SMILES string of the molecule is CS[C@H]1CCN(C(=O)Nc2ccccc2)C1. The molecule has 1 aliphatic rings. The van der Waals surface area contributed by atoms with Crippen molar-refractivity contribution >= 4 is 23.5 Å². The molecule has 16 heavy (non-hydrogen) atoms. The average molecular weight is 236 g/mol. The number of nitrogens with zero attached hydrogens (tertiary/aromatic N) is 1. The van der Waals surface area contributed by atoms with E-state index in [9.17, 15) is 4.79 Å². The van der Waals surface area contributed by atoms with Gasteiger partial charge in [-0.2, -0.15) is 11.8 Å². The largest absolute Gasteiger partial charge is 0.323 e. The Labute approximate surface area is 100 Å². The Morgan fingerprint density at radius 2 is 2.19 bits per heavy atom. The summed E-state index contributed by atoms with van der Waals surface area (Å²) in [5.74, 6) is 0. The van der Waals surface area contributed by atoms with Crippen molar-refractivity contribution in [2.24, 2.45) is 0 Å². The van der Waals surface area contributed by atoms with Crippen molar-refractivity contribution in [3.05, 3.63) is 30.3 Å². The number of nitrogens with one attached hydrogen (secondary N) is 1. The van der Waals surface area contributed by atoms with Gasteiger partial charge in [0.25, 0.3) is 0 Å². The number of carbonyl (C=O) groups is 1. The highest BCUT2D eigenvalue weighted by atomic mass is 32.2. The summed E-state index contributed by atoms with van der Waals surface area (Å²) in [4.78, 5) is 13.8. The van der Waals surface area contributed by atoms with Crippen LogP contribution in [-0.4, -0.2) is 35.5 Å². The summed E-state index contributed by atoms with van der Waals surface area (Å²) >= 11 is 1.84. The number of hydrogen-bond acceptors (Lipinski definition) is 2. The molecule has 0 aromatic heterocycles. The lowest BCUT2D eigenvalue weighted by Crippen LogP contribution is -2.33. The number of anilines is 1. The Kier molecular flexibility index (Phi) is 3.72. The van der Waals surface area contributed by atoms with Gasteiger partial charge < -0.3 is 10.2 Å². The topological polar surface area (TPSA) is 32.3 Å². The predicted molar refractivity (Wildman–Crippen MR) is 69.0 cm³/mol. The summed E-state index contributed by atoms with van der Waals surface area (Å²) in [5, 5.41) is 3.50. The molecule has 4 heteroatoms. The van der Waals surface area contributed by atoms with Crippen molar-refractivity contribution in [2.75, 3.05) is 24.7 Å². The van der Waals surface area contributed by atoms with Crippen LogP contribution in [0.5, 0.6) is 0 Å². The third-order valence-corrected chi connectivity index (χ3v) is 3.84. The normalized spacial score (nSPS) is 19.8. The number of thioether (sulfide) groups is 1. The molecule has 0 aliphatic carbocycles. The smallest absolute Gasteiger partial charge is 0.321 e. The van der Waals surface area contributed by atoms with Gasteiger partial charge >= 0.3 is 6.03 Å². The van der Waals surface area contributed by atoms with Gasteiger partial charge in [0.2, 0.25) is 0 Å². The van der Waals surface area contributed by atoms with E-state index in [1.54, 1.807) is 0 Å². The molecular formula is C12H16N2OS. The number of carbonyl (C=O) groups excluding carboxylic acids is 1. The van der Waals surface area contributed by atoms with E-state index >= 15 is 0 Å². The van der Waals surface area contributed by atoms with E-state index in [1.807, 2.05) is 47.0 Å². The molecule has 1 aliphatic heterocycles. The molecule has 0 radical (unpaired) electrons. The second-order valence-corrected chi connectivity index (χ2v) is 5.03. The summed E-state index contributed by atoms with van der Waals surface area (Å²) in [6.07, 6.45) is 3.20. The van der Waals surface area contributed by atoms with Crippen molar-refractivity contribution in [2.45, 2.75) is 11.7 Å². The number of likely N-dealkylation sites (tertiary alicyclic amines) is 1. The van der Waals surface area contributed by atoms with Crippen molar-refractivity contribution < 1.29 is 4.79 Å². The molecule has 1 saturated heterocycles. The fraction of sp³-hybridized carbons (Fsp3) is 0.417. The Hall–Kier alpha value is -1.16. The van der Waals surface area contributed by atoms with E-state index in [4.69, 9.17) is 0 Å². The Morgan fingerprint density at radius 3 is 2.81 bits per heavy atom. The van der Waals surface area contributed by atoms with E-state index in [0.29, 0.717) is 5.25 Å². The second kappa shape index (κ2) is 5.25. The maximum atomic E-state index is 11.9. The Morgan fingerprint density at radius 1 is 1.44 bits per heavy atom. The van der Waals surface area contributed by atoms with Crippen LogP contribution < -0.4 is 5.32 Å². The minimum Gasteiger partial charge on any atom is -0.323 e. The first kappa shape index (κ1) is 11.3. The number of rotatable bonds is 2. The molecule has 86 valence electrons. The zero-order valence-corrected chi connectivity index (χ0v) is 10.2. The van der Waals surface area contributed by atoms with Crippen LogP contribution >= 0.6 is 11.8 Å². The first-order valence-electron chi connectivity index (χ1n) is 5.43. The van der Waals surface area contributed by atoms with Crippen LogP contribution in [0.3, 0.4) is 0 Å². The van der Waals surface area contributed by atoms with Gasteiger partial charge in [-0.1, -0.05) is 18.2 Å². The van der Waals surface area contributed by atoms with Crippen LogP contribution in [0, 0.1) is 0 Å². The molecule has 0 saturated carbocycles. The lowest BCUT2D eigenvalue weighted by Gasteiger charge is -2.16. The monoisotopic (exact) mass is 236 g/mol. The van der Waals surface area contributed by atoms with Crippen molar-refractivity contribution in [3.63, 3.8) is 0 Å². The van der Waals surface area contributed by atoms with Crippen molar-refractivity contribution in [1.82, 2.24) is 4.90 Å².